The monoisotopic (exact) mass is 390 g/mol. The van der Waals surface area contributed by atoms with Crippen LogP contribution in [0.4, 0.5) is 0 Å². The Labute approximate surface area is 162 Å². The Hall–Kier alpha value is -1.66. The van der Waals surface area contributed by atoms with E-state index in [1.807, 2.05) is 35.2 Å². The fourth-order valence-corrected chi connectivity index (χ4v) is 5.14. The molecule has 1 heterocycles. The molecule has 1 atom stereocenters. The van der Waals surface area contributed by atoms with Crippen LogP contribution < -0.4 is 4.72 Å². The standard InChI is InChI=1S/C21H30N2O3S/c24-21(14-18-8-3-1-4-9-18)23-13-7-12-20(16-23)15-22-27(25,26)17-19-10-5-2-6-11-19/h2,5-6,8,10-11,20,22H,1,3-4,7,9,12-17H2/t20-/m0/s1. The molecule has 1 aromatic rings. The Balaban J connectivity index is 1.47. The lowest BCUT2D eigenvalue weighted by molar-refractivity contribution is -0.132. The molecule has 1 aliphatic heterocycles. The van der Waals surface area contributed by atoms with Crippen LogP contribution in [0.3, 0.4) is 0 Å². The first-order valence-corrected chi connectivity index (χ1v) is 11.6. The quantitative estimate of drug-likeness (QED) is 0.727. The molecular formula is C21H30N2O3S. The van der Waals surface area contributed by atoms with E-state index in [4.69, 9.17) is 0 Å². The van der Waals surface area contributed by atoms with E-state index in [0.29, 0.717) is 19.5 Å². The highest BCUT2D eigenvalue weighted by molar-refractivity contribution is 7.88. The third-order valence-electron chi connectivity index (χ3n) is 5.43. The maximum atomic E-state index is 12.6. The van der Waals surface area contributed by atoms with Gasteiger partial charge in [-0.15, -0.1) is 0 Å². The van der Waals surface area contributed by atoms with E-state index in [1.165, 1.54) is 18.4 Å². The molecule has 1 aliphatic carbocycles. The van der Waals surface area contributed by atoms with Gasteiger partial charge >= 0.3 is 0 Å². The predicted molar refractivity (Wildman–Crippen MR) is 108 cm³/mol. The highest BCUT2D eigenvalue weighted by Gasteiger charge is 2.25. The van der Waals surface area contributed by atoms with Gasteiger partial charge in [0.2, 0.25) is 15.9 Å². The average molecular weight is 391 g/mol. The van der Waals surface area contributed by atoms with Gasteiger partial charge in [-0.1, -0.05) is 42.0 Å². The summed E-state index contributed by atoms with van der Waals surface area (Å²) in [7, 11) is -3.36. The normalized spacial score (nSPS) is 21.0. The second-order valence-corrected chi connectivity index (χ2v) is 9.53. The van der Waals surface area contributed by atoms with Crippen molar-refractivity contribution < 1.29 is 13.2 Å². The minimum absolute atomic E-state index is 0.00262. The Morgan fingerprint density at radius 3 is 2.70 bits per heavy atom. The first-order valence-electron chi connectivity index (χ1n) is 9.99. The molecule has 1 saturated heterocycles. The van der Waals surface area contributed by atoms with Crippen molar-refractivity contribution in [1.82, 2.24) is 9.62 Å². The SMILES string of the molecule is O=C(CC1=CCCCC1)N1CCC[C@@H](CNS(=O)(=O)Cc2ccccc2)C1. The predicted octanol–water partition coefficient (Wildman–Crippen LogP) is 3.24. The lowest BCUT2D eigenvalue weighted by atomic mass is 9.95. The van der Waals surface area contributed by atoms with Crippen LogP contribution in [0.2, 0.25) is 0 Å². The van der Waals surface area contributed by atoms with Gasteiger partial charge in [0.15, 0.2) is 0 Å². The van der Waals surface area contributed by atoms with Crippen LogP contribution in [0.25, 0.3) is 0 Å². The number of sulfonamides is 1. The number of allylic oxidation sites excluding steroid dienone is 1. The Bertz CT molecular complexity index is 759. The highest BCUT2D eigenvalue weighted by atomic mass is 32.2. The van der Waals surface area contributed by atoms with Crippen LogP contribution in [0, 0.1) is 5.92 Å². The van der Waals surface area contributed by atoms with Crippen LogP contribution in [0.5, 0.6) is 0 Å². The van der Waals surface area contributed by atoms with Crippen molar-refractivity contribution in [3.63, 3.8) is 0 Å². The largest absolute Gasteiger partial charge is 0.342 e. The molecule has 6 heteroatoms. The molecule has 5 nitrogen and oxygen atoms in total. The van der Waals surface area contributed by atoms with Gasteiger partial charge in [-0.2, -0.15) is 0 Å². The summed E-state index contributed by atoms with van der Waals surface area (Å²) in [5.41, 5.74) is 2.06. The number of nitrogens with one attached hydrogen (secondary N) is 1. The number of piperidine rings is 1. The molecular weight excluding hydrogens is 360 g/mol. The molecule has 27 heavy (non-hydrogen) atoms. The summed E-state index contributed by atoms with van der Waals surface area (Å²) >= 11 is 0. The molecule has 1 amide bonds. The Kier molecular flexibility index (Phi) is 7.07. The first kappa shape index (κ1) is 20.1. The van der Waals surface area contributed by atoms with Crippen molar-refractivity contribution in [1.29, 1.82) is 0 Å². The van der Waals surface area contributed by atoms with Crippen molar-refractivity contribution in [2.75, 3.05) is 19.6 Å². The summed E-state index contributed by atoms with van der Waals surface area (Å²) in [5, 5.41) is 0. The fraction of sp³-hybridized carbons (Fsp3) is 0.571. The lowest BCUT2D eigenvalue weighted by Gasteiger charge is -2.33. The Morgan fingerprint density at radius 2 is 1.96 bits per heavy atom. The molecule has 0 bridgehead atoms. The van der Waals surface area contributed by atoms with Crippen molar-refractivity contribution in [3.8, 4) is 0 Å². The van der Waals surface area contributed by atoms with Crippen LogP contribution in [0.1, 0.15) is 50.5 Å². The van der Waals surface area contributed by atoms with Crippen LogP contribution in [0.15, 0.2) is 42.0 Å². The van der Waals surface area contributed by atoms with Crippen molar-refractivity contribution >= 4 is 15.9 Å². The van der Waals surface area contributed by atoms with E-state index in [-0.39, 0.29) is 17.6 Å². The maximum absolute atomic E-state index is 12.6. The summed E-state index contributed by atoms with van der Waals surface area (Å²) in [6, 6.07) is 9.20. The minimum atomic E-state index is -3.36. The molecule has 148 valence electrons. The number of carbonyl (C=O) groups is 1. The number of rotatable bonds is 7. The van der Waals surface area contributed by atoms with E-state index < -0.39 is 10.0 Å². The summed E-state index contributed by atoms with van der Waals surface area (Å²) < 4.78 is 27.4. The fourth-order valence-electron chi connectivity index (χ4n) is 3.92. The van der Waals surface area contributed by atoms with E-state index >= 15 is 0 Å². The van der Waals surface area contributed by atoms with Gasteiger partial charge in [0.25, 0.3) is 0 Å². The van der Waals surface area contributed by atoms with Gasteiger partial charge in [0, 0.05) is 26.1 Å². The van der Waals surface area contributed by atoms with Crippen LogP contribution in [-0.2, 0) is 20.6 Å². The van der Waals surface area contributed by atoms with Gasteiger partial charge in [-0.3, -0.25) is 4.79 Å². The van der Waals surface area contributed by atoms with E-state index in [0.717, 1.165) is 37.8 Å². The first-order chi connectivity index (χ1) is 13.0. The molecule has 0 unspecified atom stereocenters. The summed E-state index contributed by atoms with van der Waals surface area (Å²) in [6.45, 7) is 1.85. The minimum Gasteiger partial charge on any atom is -0.342 e. The van der Waals surface area contributed by atoms with E-state index in [9.17, 15) is 13.2 Å². The number of nitrogens with zero attached hydrogens (tertiary/aromatic N) is 1. The van der Waals surface area contributed by atoms with Crippen molar-refractivity contribution in [3.05, 3.63) is 47.5 Å². The number of hydrogen-bond donors (Lipinski definition) is 1. The molecule has 0 saturated carbocycles. The highest BCUT2D eigenvalue weighted by Crippen LogP contribution is 2.23. The lowest BCUT2D eigenvalue weighted by Crippen LogP contribution is -2.43. The number of likely N-dealkylation sites (tertiary alicyclic amines) is 1. The van der Waals surface area contributed by atoms with Gasteiger partial charge in [0.1, 0.15) is 0 Å². The second kappa shape index (κ2) is 9.51. The molecule has 3 rings (SSSR count). The number of amides is 1. The summed E-state index contributed by atoms with van der Waals surface area (Å²) in [6.07, 6.45) is 9.21. The third-order valence-corrected chi connectivity index (χ3v) is 6.75. The number of carbonyl (C=O) groups excluding carboxylic acids is 1. The summed E-state index contributed by atoms with van der Waals surface area (Å²) in [5.74, 6) is 0.380. The maximum Gasteiger partial charge on any atom is 0.226 e. The smallest absolute Gasteiger partial charge is 0.226 e. The molecule has 0 spiro atoms. The van der Waals surface area contributed by atoms with E-state index in [2.05, 4.69) is 10.8 Å². The summed E-state index contributed by atoms with van der Waals surface area (Å²) in [4.78, 5) is 14.5. The third kappa shape index (κ3) is 6.47. The van der Waals surface area contributed by atoms with Gasteiger partial charge < -0.3 is 4.90 Å². The van der Waals surface area contributed by atoms with Crippen molar-refractivity contribution in [2.45, 2.75) is 50.7 Å². The van der Waals surface area contributed by atoms with E-state index in [1.54, 1.807) is 0 Å². The molecule has 1 fully saturated rings. The average Bonchev–Trinajstić information content (AvgIpc) is 2.68. The van der Waals surface area contributed by atoms with Crippen molar-refractivity contribution in [2.24, 2.45) is 5.92 Å². The second-order valence-electron chi connectivity index (χ2n) is 7.73. The number of benzene rings is 1. The Morgan fingerprint density at radius 1 is 1.15 bits per heavy atom. The van der Waals surface area contributed by atoms with Gasteiger partial charge in [0.05, 0.1) is 5.75 Å². The van der Waals surface area contributed by atoms with Gasteiger partial charge in [-0.05, 0) is 50.0 Å². The molecule has 2 aliphatic rings. The molecule has 1 N–H and O–H groups in total. The molecule has 1 aromatic carbocycles. The van der Waals surface area contributed by atoms with Gasteiger partial charge in [-0.25, -0.2) is 13.1 Å². The topological polar surface area (TPSA) is 66.5 Å². The van der Waals surface area contributed by atoms with Crippen LogP contribution in [-0.4, -0.2) is 38.9 Å². The molecule has 0 radical (unpaired) electrons. The zero-order valence-electron chi connectivity index (χ0n) is 15.9. The zero-order chi connectivity index (χ0) is 19.1. The van der Waals surface area contributed by atoms with Crippen LogP contribution >= 0.6 is 0 Å². The zero-order valence-corrected chi connectivity index (χ0v) is 16.7. The number of hydrogen-bond acceptors (Lipinski definition) is 3. The molecule has 0 aromatic heterocycles.